The Labute approximate surface area is 155 Å². The van der Waals surface area contributed by atoms with E-state index in [1.807, 2.05) is 48.5 Å². The first-order valence-corrected chi connectivity index (χ1v) is 8.50. The molecule has 2 aromatic heterocycles. The predicted molar refractivity (Wildman–Crippen MR) is 102 cm³/mol. The number of carbonyl (C=O) groups excluding carboxylic acids is 1. The van der Waals surface area contributed by atoms with Crippen LogP contribution < -0.4 is 5.32 Å². The minimum Gasteiger partial charge on any atom is -0.307 e. The van der Waals surface area contributed by atoms with Gasteiger partial charge in [0.2, 0.25) is 0 Å². The first-order valence-electron chi connectivity index (χ1n) is 8.12. The molecule has 1 N–H and O–H groups in total. The molecule has 2 heterocycles. The molecule has 0 aliphatic carbocycles. The number of amides is 1. The van der Waals surface area contributed by atoms with E-state index in [-0.39, 0.29) is 5.91 Å². The average molecular weight is 363 g/mol. The monoisotopic (exact) mass is 362 g/mol. The molecule has 0 radical (unpaired) electrons. The van der Waals surface area contributed by atoms with Crippen molar-refractivity contribution < 1.29 is 4.79 Å². The third-order valence-electron chi connectivity index (χ3n) is 4.10. The van der Waals surface area contributed by atoms with Gasteiger partial charge in [0.15, 0.2) is 0 Å². The molecule has 0 saturated carbocycles. The fourth-order valence-corrected chi connectivity index (χ4v) is 2.93. The number of carbonyl (C=O) groups is 1. The molecule has 0 bridgehead atoms. The van der Waals surface area contributed by atoms with E-state index in [1.165, 1.54) is 0 Å². The van der Waals surface area contributed by atoms with E-state index in [1.54, 1.807) is 29.2 Å². The zero-order valence-corrected chi connectivity index (χ0v) is 14.5. The number of fused-ring (bicyclic) bond motifs is 1. The minimum absolute atomic E-state index is 0.193. The highest BCUT2D eigenvalue weighted by Gasteiger charge is 2.13. The summed E-state index contributed by atoms with van der Waals surface area (Å²) in [5.41, 5.74) is 2.41. The lowest BCUT2D eigenvalue weighted by molar-refractivity contribution is 0.102. The van der Waals surface area contributed by atoms with E-state index in [9.17, 15) is 4.79 Å². The molecular weight excluding hydrogens is 348 g/mol. The summed E-state index contributed by atoms with van der Waals surface area (Å²) in [4.78, 5) is 17.1. The van der Waals surface area contributed by atoms with Gasteiger partial charge in [-0.2, -0.15) is 5.10 Å². The second-order valence-corrected chi connectivity index (χ2v) is 6.27. The number of para-hydroxylation sites is 1. The fourth-order valence-electron chi connectivity index (χ4n) is 2.81. The molecule has 0 atom stereocenters. The molecule has 0 unspecified atom stereocenters. The summed E-state index contributed by atoms with van der Waals surface area (Å²) in [6.45, 7) is 0.539. The Balaban J connectivity index is 1.59. The molecule has 0 aliphatic heterocycles. The molecule has 26 heavy (non-hydrogen) atoms. The number of benzene rings is 2. The Morgan fingerprint density at radius 1 is 1.00 bits per heavy atom. The van der Waals surface area contributed by atoms with Crippen LogP contribution in [0.3, 0.4) is 0 Å². The van der Waals surface area contributed by atoms with Gasteiger partial charge in [0.05, 0.1) is 23.8 Å². The van der Waals surface area contributed by atoms with E-state index in [0.717, 1.165) is 16.5 Å². The highest BCUT2D eigenvalue weighted by molar-refractivity contribution is 6.30. The van der Waals surface area contributed by atoms with Gasteiger partial charge in [0.25, 0.3) is 5.91 Å². The number of anilines is 1. The SMILES string of the molecule is O=C(Nc1ccnn1Cc1ccc(Cl)cc1)c1ccnc2ccccc12. The Bertz CT molecular complexity index is 1070. The maximum absolute atomic E-state index is 12.8. The maximum atomic E-state index is 12.8. The highest BCUT2D eigenvalue weighted by Crippen LogP contribution is 2.19. The third kappa shape index (κ3) is 3.30. The first kappa shape index (κ1) is 16.3. The topological polar surface area (TPSA) is 59.8 Å². The standard InChI is InChI=1S/C20H15ClN4O/c21-15-7-5-14(6-8-15)13-25-19(10-12-23-25)24-20(26)17-9-11-22-18-4-2-1-3-16(17)18/h1-12H,13H2,(H,24,26). The van der Waals surface area contributed by atoms with Gasteiger partial charge in [-0.3, -0.25) is 9.78 Å². The quantitative estimate of drug-likeness (QED) is 0.586. The van der Waals surface area contributed by atoms with Gasteiger partial charge >= 0.3 is 0 Å². The molecule has 4 aromatic rings. The van der Waals surface area contributed by atoms with E-state index in [0.29, 0.717) is 22.9 Å². The summed E-state index contributed by atoms with van der Waals surface area (Å²) >= 11 is 5.92. The second kappa shape index (κ2) is 6.98. The highest BCUT2D eigenvalue weighted by atomic mass is 35.5. The van der Waals surface area contributed by atoms with Gasteiger partial charge in [-0.15, -0.1) is 0 Å². The van der Waals surface area contributed by atoms with Crippen LogP contribution >= 0.6 is 11.6 Å². The number of hydrogen-bond donors (Lipinski definition) is 1. The lowest BCUT2D eigenvalue weighted by atomic mass is 10.1. The Morgan fingerprint density at radius 3 is 2.65 bits per heavy atom. The van der Waals surface area contributed by atoms with Crippen LogP contribution in [0.5, 0.6) is 0 Å². The van der Waals surface area contributed by atoms with Crippen LogP contribution in [0.4, 0.5) is 5.82 Å². The van der Waals surface area contributed by atoms with Crippen LogP contribution in [0, 0.1) is 0 Å². The number of nitrogens with zero attached hydrogens (tertiary/aromatic N) is 3. The van der Waals surface area contributed by atoms with Crippen LogP contribution in [0.2, 0.25) is 5.02 Å². The summed E-state index contributed by atoms with van der Waals surface area (Å²) in [6.07, 6.45) is 3.30. The Hall–Kier alpha value is -3.18. The molecule has 0 aliphatic rings. The Kier molecular flexibility index (Phi) is 4.37. The largest absolute Gasteiger partial charge is 0.307 e. The smallest absolute Gasteiger partial charge is 0.257 e. The van der Waals surface area contributed by atoms with Crippen LogP contribution in [-0.4, -0.2) is 20.7 Å². The number of aromatic nitrogens is 3. The average Bonchev–Trinajstić information content (AvgIpc) is 3.09. The molecule has 5 nitrogen and oxygen atoms in total. The molecule has 0 saturated heterocycles. The van der Waals surface area contributed by atoms with E-state index in [2.05, 4.69) is 15.4 Å². The lowest BCUT2D eigenvalue weighted by Gasteiger charge is -2.10. The van der Waals surface area contributed by atoms with Gasteiger partial charge in [-0.25, -0.2) is 4.68 Å². The minimum atomic E-state index is -0.193. The number of hydrogen-bond acceptors (Lipinski definition) is 3. The van der Waals surface area contributed by atoms with Crippen molar-refractivity contribution in [1.82, 2.24) is 14.8 Å². The lowest BCUT2D eigenvalue weighted by Crippen LogP contribution is -2.16. The molecule has 1 amide bonds. The Morgan fingerprint density at radius 2 is 1.81 bits per heavy atom. The van der Waals surface area contributed by atoms with E-state index in [4.69, 9.17) is 11.6 Å². The van der Waals surface area contributed by atoms with Crippen molar-refractivity contribution in [3.05, 3.63) is 89.2 Å². The molecule has 2 aromatic carbocycles. The molecule has 128 valence electrons. The summed E-state index contributed by atoms with van der Waals surface area (Å²) in [5.74, 6) is 0.437. The van der Waals surface area contributed by atoms with Crippen molar-refractivity contribution in [1.29, 1.82) is 0 Å². The van der Waals surface area contributed by atoms with Crippen LogP contribution in [0.25, 0.3) is 10.9 Å². The van der Waals surface area contributed by atoms with Crippen molar-refractivity contribution >= 4 is 34.2 Å². The van der Waals surface area contributed by atoms with Gasteiger partial charge in [0.1, 0.15) is 5.82 Å². The summed E-state index contributed by atoms with van der Waals surface area (Å²) in [7, 11) is 0. The molecular formula is C20H15ClN4O. The molecule has 0 fully saturated rings. The number of rotatable bonds is 4. The number of nitrogens with one attached hydrogen (secondary N) is 1. The third-order valence-corrected chi connectivity index (χ3v) is 4.35. The summed E-state index contributed by atoms with van der Waals surface area (Å²) in [5, 5.41) is 8.74. The van der Waals surface area contributed by atoms with Crippen molar-refractivity contribution in [2.24, 2.45) is 0 Å². The fraction of sp³-hybridized carbons (Fsp3) is 0.0500. The normalized spacial score (nSPS) is 10.8. The van der Waals surface area contributed by atoms with Crippen molar-refractivity contribution in [2.75, 3.05) is 5.32 Å². The van der Waals surface area contributed by atoms with Crippen LogP contribution in [-0.2, 0) is 6.54 Å². The van der Waals surface area contributed by atoms with E-state index >= 15 is 0 Å². The number of pyridine rings is 1. The van der Waals surface area contributed by atoms with Gasteiger partial charge in [-0.1, -0.05) is 41.9 Å². The molecule has 0 spiro atoms. The van der Waals surface area contributed by atoms with E-state index < -0.39 is 0 Å². The van der Waals surface area contributed by atoms with Crippen LogP contribution in [0.15, 0.2) is 73.1 Å². The predicted octanol–water partition coefficient (Wildman–Crippen LogP) is 4.39. The summed E-state index contributed by atoms with van der Waals surface area (Å²) in [6, 6.07) is 18.6. The molecule has 6 heteroatoms. The van der Waals surface area contributed by atoms with Crippen molar-refractivity contribution in [3.63, 3.8) is 0 Å². The second-order valence-electron chi connectivity index (χ2n) is 5.83. The first-order chi connectivity index (χ1) is 12.7. The van der Waals surface area contributed by atoms with Crippen molar-refractivity contribution in [2.45, 2.75) is 6.54 Å². The van der Waals surface area contributed by atoms with Crippen molar-refractivity contribution in [3.8, 4) is 0 Å². The maximum Gasteiger partial charge on any atom is 0.257 e. The zero-order chi connectivity index (χ0) is 17.9. The molecule has 4 rings (SSSR count). The van der Waals surface area contributed by atoms with Gasteiger partial charge < -0.3 is 5.32 Å². The van der Waals surface area contributed by atoms with Crippen LogP contribution in [0.1, 0.15) is 15.9 Å². The number of halogens is 1. The summed E-state index contributed by atoms with van der Waals surface area (Å²) < 4.78 is 1.74. The zero-order valence-electron chi connectivity index (χ0n) is 13.8. The van der Waals surface area contributed by atoms with Gasteiger partial charge in [0, 0.05) is 22.7 Å². The van der Waals surface area contributed by atoms with Gasteiger partial charge in [-0.05, 0) is 29.8 Å².